The fraction of sp³-hybridized carbons (Fsp3) is 0.227. The highest BCUT2D eigenvalue weighted by Gasteiger charge is 2.17. The van der Waals surface area contributed by atoms with E-state index in [9.17, 15) is 14.9 Å². The number of benzene rings is 2. The molecule has 0 aliphatic rings. The number of esters is 1. The zero-order valence-corrected chi connectivity index (χ0v) is 17.1. The van der Waals surface area contributed by atoms with Crippen molar-refractivity contribution in [2.24, 2.45) is 0 Å². The highest BCUT2D eigenvalue weighted by atomic mass is 16.5. The number of carbonyl (C=O) groups is 2. The van der Waals surface area contributed by atoms with Gasteiger partial charge in [0.2, 0.25) is 5.75 Å². The van der Waals surface area contributed by atoms with Crippen molar-refractivity contribution in [2.75, 3.05) is 33.3 Å². The van der Waals surface area contributed by atoms with E-state index in [0.717, 1.165) is 0 Å². The van der Waals surface area contributed by atoms with Crippen LogP contribution in [0.1, 0.15) is 22.8 Å². The molecule has 0 spiro atoms. The maximum atomic E-state index is 12.6. The average molecular weight is 410 g/mol. The van der Waals surface area contributed by atoms with Crippen molar-refractivity contribution < 1.29 is 28.5 Å². The summed E-state index contributed by atoms with van der Waals surface area (Å²) in [5.74, 6) is 0.0695. The molecule has 156 valence electrons. The number of amides is 1. The molecule has 0 bridgehead atoms. The van der Waals surface area contributed by atoms with E-state index in [-0.39, 0.29) is 12.2 Å². The molecule has 0 unspecified atom stereocenters. The molecular formula is C22H22N2O6. The summed E-state index contributed by atoms with van der Waals surface area (Å²) in [4.78, 5) is 24.3. The predicted molar refractivity (Wildman–Crippen MR) is 111 cm³/mol. The molecule has 8 nitrogen and oxygen atoms in total. The molecule has 0 aromatic heterocycles. The van der Waals surface area contributed by atoms with Crippen molar-refractivity contribution in [1.82, 2.24) is 0 Å². The second-order valence-corrected chi connectivity index (χ2v) is 5.85. The molecule has 0 heterocycles. The van der Waals surface area contributed by atoms with Crippen molar-refractivity contribution in [2.45, 2.75) is 6.92 Å². The first-order valence-electron chi connectivity index (χ1n) is 8.98. The van der Waals surface area contributed by atoms with Crippen molar-refractivity contribution in [3.05, 3.63) is 53.1 Å². The highest BCUT2D eigenvalue weighted by Crippen LogP contribution is 2.40. The van der Waals surface area contributed by atoms with Gasteiger partial charge >= 0.3 is 5.97 Å². The minimum absolute atomic E-state index is 0.144. The average Bonchev–Trinajstić information content (AvgIpc) is 2.77. The summed E-state index contributed by atoms with van der Waals surface area (Å²) in [7, 11) is 4.41. The number of anilines is 1. The van der Waals surface area contributed by atoms with E-state index in [4.69, 9.17) is 18.9 Å². The molecule has 1 amide bonds. The Morgan fingerprint density at radius 3 is 2.20 bits per heavy atom. The summed E-state index contributed by atoms with van der Waals surface area (Å²) in [6, 6.07) is 11.3. The van der Waals surface area contributed by atoms with Gasteiger partial charge in [-0.2, -0.15) is 5.26 Å². The first-order valence-corrected chi connectivity index (χ1v) is 8.98. The predicted octanol–water partition coefficient (Wildman–Crippen LogP) is 3.43. The van der Waals surface area contributed by atoms with E-state index >= 15 is 0 Å². The number of hydrogen-bond acceptors (Lipinski definition) is 7. The van der Waals surface area contributed by atoms with E-state index in [2.05, 4.69) is 5.32 Å². The van der Waals surface area contributed by atoms with Gasteiger partial charge in [0, 0.05) is 11.3 Å². The number of nitriles is 1. The van der Waals surface area contributed by atoms with Crippen molar-refractivity contribution in [3.63, 3.8) is 0 Å². The summed E-state index contributed by atoms with van der Waals surface area (Å²) in [5.41, 5.74) is 1.11. The number of rotatable bonds is 8. The molecule has 0 radical (unpaired) electrons. The molecular weight excluding hydrogens is 388 g/mol. The molecule has 1 N–H and O–H groups in total. The molecule has 2 aromatic carbocycles. The lowest BCUT2D eigenvalue weighted by molar-refractivity contribution is -0.112. The zero-order valence-electron chi connectivity index (χ0n) is 17.1. The Hall–Kier alpha value is -3.99. The van der Waals surface area contributed by atoms with Crippen LogP contribution in [0.4, 0.5) is 5.69 Å². The van der Waals surface area contributed by atoms with E-state index < -0.39 is 11.9 Å². The number of nitrogens with zero attached hydrogens (tertiary/aromatic N) is 1. The lowest BCUT2D eigenvalue weighted by atomic mass is 10.1. The van der Waals surface area contributed by atoms with Crippen LogP contribution in [0.5, 0.6) is 17.2 Å². The monoisotopic (exact) mass is 410 g/mol. The smallest absolute Gasteiger partial charge is 0.338 e. The first-order chi connectivity index (χ1) is 14.5. The fourth-order valence-corrected chi connectivity index (χ4v) is 2.64. The minimum Gasteiger partial charge on any atom is -0.493 e. The van der Waals surface area contributed by atoms with Gasteiger partial charge in [-0.05, 0) is 49.4 Å². The van der Waals surface area contributed by atoms with E-state index in [1.54, 1.807) is 31.2 Å². The molecule has 2 aromatic rings. The van der Waals surface area contributed by atoms with Crippen LogP contribution in [0, 0.1) is 11.3 Å². The normalized spacial score (nSPS) is 10.6. The van der Waals surface area contributed by atoms with E-state index in [1.165, 1.54) is 39.5 Å². The topological polar surface area (TPSA) is 107 Å². The molecule has 0 saturated carbocycles. The molecule has 0 aliphatic carbocycles. The Bertz CT molecular complexity index is 990. The van der Waals surface area contributed by atoms with Crippen LogP contribution in [0.2, 0.25) is 0 Å². The molecule has 30 heavy (non-hydrogen) atoms. The minimum atomic E-state index is -0.613. The standard InChI is InChI=1S/C22H22N2O6/c1-5-30-22(26)14-6-9-17(10-7-14)24-21(25)16(13-23)12-15-8-11-18(27-2)20(29-4)19(15)28-3/h6-12H,5H2,1-4H3,(H,24,25)/b16-12+. The van der Waals surface area contributed by atoms with Crippen LogP contribution in [0.25, 0.3) is 6.08 Å². The lowest BCUT2D eigenvalue weighted by Gasteiger charge is -2.14. The van der Waals surface area contributed by atoms with Gasteiger partial charge < -0.3 is 24.3 Å². The van der Waals surface area contributed by atoms with Gasteiger partial charge in [-0.3, -0.25) is 4.79 Å². The largest absolute Gasteiger partial charge is 0.493 e. The Morgan fingerprint density at radius 2 is 1.67 bits per heavy atom. The van der Waals surface area contributed by atoms with Crippen LogP contribution in [-0.4, -0.2) is 39.8 Å². The number of ether oxygens (including phenoxy) is 4. The number of hydrogen-bond donors (Lipinski definition) is 1. The molecule has 2 rings (SSSR count). The van der Waals surface area contributed by atoms with Crippen molar-refractivity contribution in [3.8, 4) is 23.3 Å². The Labute approximate surface area is 174 Å². The summed E-state index contributed by atoms with van der Waals surface area (Å²) >= 11 is 0. The Morgan fingerprint density at radius 1 is 1.00 bits per heavy atom. The maximum absolute atomic E-state index is 12.6. The van der Waals surface area contributed by atoms with Gasteiger partial charge in [0.25, 0.3) is 5.91 Å². The number of nitrogens with one attached hydrogen (secondary N) is 1. The van der Waals surface area contributed by atoms with Crippen molar-refractivity contribution in [1.29, 1.82) is 5.26 Å². The van der Waals surface area contributed by atoms with Gasteiger partial charge in [-0.15, -0.1) is 0 Å². The second kappa shape index (κ2) is 10.5. The quantitative estimate of drug-likeness (QED) is 0.404. The van der Waals surface area contributed by atoms with Gasteiger partial charge in [-0.1, -0.05) is 0 Å². The third-order valence-electron chi connectivity index (χ3n) is 4.05. The molecule has 0 saturated heterocycles. The van der Waals surface area contributed by atoms with Crippen LogP contribution >= 0.6 is 0 Å². The summed E-state index contributed by atoms with van der Waals surface area (Å²) in [6.07, 6.45) is 1.39. The Kier molecular flexibility index (Phi) is 7.82. The molecule has 8 heteroatoms. The van der Waals surface area contributed by atoms with Crippen LogP contribution in [0.15, 0.2) is 42.0 Å². The van der Waals surface area contributed by atoms with Crippen LogP contribution in [0.3, 0.4) is 0 Å². The maximum Gasteiger partial charge on any atom is 0.338 e. The zero-order chi connectivity index (χ0) is 22.1. The number of methoxy groups -OCH3 is 3. The molecule has 0 aliphatic heterocycles. The van der Waals surface area contributed by atoms with Gasteiger partial charge in [0.15, 0.2) is 11.5 Å². The van der Waals surface area contributed by atoms with Gasteiger partial charge in [-0.25, -0.2) is 4.79 Å². The third kappa shape index (κ3) is 5.08. The van der Waals surface area contributed by atoms with Crippen LogP contribution < -0.4 is 19.5 Å². The second-order valence-electron chi connectivity index (χ2n) is 5.85. The fourth-order valence-electron chi connectivity index (χ4n) is 2.64. The first kappa shape index (κ1) is 22.3. The van der Waals surface area contributed by atoms with Crippen molar-refractivity contribution >= 4 is 23.6 Å². The van der Waals surface area contributed by atoms with Gasteiger partial charge in [0.05, 0.1) is 33.5 Å². The SMILES string of the molecule is CCOC(=O)c1ccc(NC(=O)/C(C#N)=C/c2ccc(OC)c(OC)c2OC)cc1. The summed E-state index contributed by atoms with van der Waals surface area (Å²) in [6.45, 7) is 1.99. The summed E-state index contributed by atoms with van der Waals surface area (Å²) < 4.78 is 20.8. The van der Waals surface area contributed by atoms with E-state index in [0.29, 0.717) is 34.1 Å². The Balaban J connectivity index is 2.28. The third-order valence-corrected chi connectivity index (χ3v) is 4.05. The van der Waals surface area contributed by atoms with Crippen LogP contribution in [-0.2, 0) is 9.53 Å². The van der Waals surface area contributed by atoms with Gasteiger partial charge in [0.1, 0.15) is 11.6 Å². The van der Waals surface area contributed by atoms with E-state index in [1.807, 2.05) is 6.07 Å². The highest BCUT2D eigenvalue weighted by molar-refractivity contribution is 6.10. The number of carbonyl (C=O) groups excluding carboxylic acids is 2. The molecule has 0 atom stereocenters. The summed E-state index contributed by atoms with van der Waals surface area (Å²) in [5, 5.41) is 12.1. The lowest BCUT2D eigenvalue weighted by Crippen LogP contribution is -2.14. The molecule has 0 fully saturated rings.